The second kappa shape index (κ2) is 4.19. The molecule has 0 radical (unpaired) electrons. The van der Waals surface area contributed by atoms with Crippen molar-refractivity contribution in [3.63, 3.8) is 0 Å². The molecule has 5 heteroatoms. The van der Waals surface area contributed by atoms with E-state index in [0.717, 1.165) is 4.31 Å². The molecule has 0 heterocycles. The molecular formula is C13H13NO3S. The van der Waals surface area contributed by atoms with E-state index in [-0.39, 0.29) is 4.91 Å². The monoisotopic (exact) mass is 263 g/mol. The van der Waals surface area contributed by atoms with E-state index in [1.807, 2.05) is 0 Å². The Bertz CT molecular complexity index is 669. The number of ketones is 1. The second-order valence-corrected chi connectivity index (χ2v) is 6.32. The molecule has 0 saturated carbocycles. The molecule has 4 nitrogen and oxygen atoms in total. The summed E-state index contributed by atoms with van der Waals surface area (Å²) in [4.78, 5) is 12.0. The van der Waals surface area contributed by atoms with Crippen LogP contribution in [0, 0.1) is 0 Å². The van der Waals surface area contributed by atoms with Crippen molar-refractivity contribution in [1.82, 2.24) is 4.31 Å². The van der Waals surface area contributed by atoms with Gasteiger partial charge in [0.05, 0.1) is 0 Å². The highest BCUT2D eigenvalue weighted by atomic mass is 32.2. The molecule has 0 unspecified atom stereocenters. The van der Waals surface area contributed by atoms with Gasteiger partial charge in [-0.3, -0.25) is 4.79 Å². The molecule has 1 aromatic rings. The van der Waals surface area contributed by atoms with Crippen LogP contribution in [0.5, 0.6) is 0 Å². The molecule has 18 heavy (non-hydrogen) atoms. The highest BCUT2D eigenvalue weighted by Crippen LogP contribution is 2.31. The van der Waals surface area contributed by atoms with E-state index in [1.165, 1.54) is 20.2 Å². The third-order valence-corrected chi connectivity index (χ3v) is 4.63. The van der Waals surface area contributed by atoms with Gasteiger partial charge in [0.1, 0.15) is 4.91 Å². The number of carbonyl (C=O) groups excluding carboxylic acids is 1. The lowest BCUT2D eigenvalue weighted by Crippen LogP contribution is -2.29. The standard InChI is InChI=1S/C13H13NO3S/c1-9-8-12(18(16,17)14(2)3)13(15)11-7-5-4-6-10(9)11/h4-8H,1H2,2-3H3. The number of hydrogen-bond donors (Lipinski definition) is 0. The van der Waals surface area contributed by atoms with Crippen LogP contribution >= 0.6 is 0 Å². The van der Waals surface area contributed by atoms with E-state index < -0.39 is 15.8 Å². The van der Waals surface area contributed by atoms with Crippen LogP contribution in [-0.4, -0.2) is 32.6 Å². The number of carbonyl (C=O) groups is 1. The minimum atomic E-state index is -3.74. The summed E-state index contributed by atoms with van der Waals surface area (Å²) in [5.74, 6) is -0.480. The molecule has 0 fully saturated rings. The SMILES string of the molecule is C=C1C=C(S(=O)(=O)N(C)C)C(=O)c2ccccc21. The topological polar surface area (TPSA) is 54.5 Å². The minimum absolute atomic E-state index is 0.226. The van der Waals surface area contributed by atoms with Gasteiger partial charge in [0.25, 0.3) is 0 Å². The Hall–Kier alpha value is -1.72. The first-order valence-corrected chi connectivity index (χ1v) is 6.77. The van der Waals surface area contributed by atoms with Gasteiger partial charge in [-0.2, -0.15) is 0 Å². The number of allylic oxidation sites excluding steroid dienone is 3. The Balaban J connectivity index is 2.64. The summed E-state index contributed by atoms with van der Waals surface area (Å²) in [5.41, 5.74) is 1.59. The van der Waals surface area contributed by atoms with Crippen molar-refractivity contribution >= 4 is 21.4 Å². The molecule has 1 aromatic carbocycles. The molecule has 2 rings (SSSR count). The minimum Gasteiger partial charge on any atom is -0.288 e. The van der Waals surface area contributed by atoms with Crippen molar-refractivity contribution in [2.24, 2.45) is 0 Å². The van der Waals surface area contributed by atoms with Gasteiger partial charge >= 0.3 is 0 Å². The van der Waals surface area contributed by atoms with Crippen molar-refractivity contribution < 1.29 is 13.2 Å². The van der Waals surface area contributed by atoms with Gasteiger partial charge in [-0.25, -0.2) is 12.7 Å². The highest BCUT2D eigenvalue weighted by Gasteiger charge is 2.32. The predicted molar refractivity (Wildman–Crippen MR) is 70.5 cm³/mol. The third kappa shape index (κ3) is 1.81. The third-order valence-electron chi connectivity index (χ3n) is 2.81. The van der Waals surface area contributed by atoms with E-state index in [1.54, 1.807) is 24.3 Å². The van der Waals surface area contributed by atoms with Crippen molar-refractivity contribution in [2.75, 3.05) is 14.1 Å². The van der Waals surface area contributed by atoms with E-state index in [2.05, 4.69) is 6.58 Å². The number of Topliss-reactive ketones (excluding diaryl/α,β-unsaturated/α-hetero) is 1. The van der Waals surface area contributed by atoms with Crippen molar-refractivity contribution in [3.8, 4) is 0 Å². The fraction of sp³-hybridized carbons (Fsp3) is 0.154. The fourth-order valence-electron chi connectivity index (χ4n) is 1.78. The molecular weight excluding hydrogens is 250 g/mol. The lowest BCUT2D eigenvalue weighted by atomic mass is 9.93. The smallest absolute Gasteiger partial charge is 0.246 e. The molecule has 0 N–H and O–H groups in total. The Morgan fingerprint density at radius 3 is 2.22 bits per heavy atom. The van der Waals surface area contributed by atoms with Gasteiger partial charge in [0, 0.05) is 19.7 Å². The lowest BCUT2D eigenvalue weighted by Gasteiger charge is -2.20. The summed E-state index contributed by atoms with van der Waals surface area (Å²) >= 11 is 0. The Morgan fingerprint density at radius 2 is 1.67 bits per heavy atom. The van der Waals surface area contributed by atoms with Gasteiger partial charge < -0.3 is 0 Å². The van der Waals surface area contributed by atoms with Crippen LogP contribution < -0.4 is 0 Å². The van der Waals surface area contributed by atoms with Crippen LogP contribution in [0.2, 0.25) is 0 Å². The first-order chi connectivity index (χ1) is 8.35. The van der Waals surface area contributed by atoms with Crippen molar-refractivity contribution in [3.05, 3.63) is 53.0 Å². The summed E-state index contributed by atoms with van der Waals surface area (Å²) in [6, 6.07) is 6.86. The zero-order valence-corrected chi connectivity index (χ0v) is 11.0. The summed E-state index contributed by atoms with van der Waals surface area (Å²) in [6.45, 7) is 3.80. The summed E-state index contributed by atoms with van der Waals surface area (Å²) in [6.07, 6.45) is 1.33. The number of benzene rings is 1. The number of rotatable bonds is 2. The molecule has 0 aromatic heterocycles. The van der Waals surface area contributed by atoms with Gasteiger partial charge in [-0.05, 0) is 17.2 Å². The van der Waals surface area contributed by atoms with E-state index in [9.17, 15) is 13.2 Å². The quantitative estimate of drug-likeness (QED) is 0.815. The average Bonchev–Trinajstić information content (AvgIpc) is 2.33. The molecule has 1 aliphatic rings. The number of hydrogen-bond acceptors (Lipinski definition) is 3. The van der Waals surface area contributed by atoms with E-state index >= 15 is 0 Å². The van der Waals surface area contributed by atoms with Crippen LogP contribution in [0.1, 0.15) is 15.9 Å². The normalized spacial score (nSPS) is 15.6. The van der Waals surface area contributed by atoms with Gasteiger partial charge in [-0.15, -0.1) is 0 Å². The first-order valence-electron chi connectivity index (χ1n) is 5.33. The number of nitrogens with zero attached hydrogens (tertiary/aromatic N) is 1. The summed E-state index contributed by atoms with van der Waals surface area (Å²) in [5, 5.41) is 0. The molecule has 94 valence electrons. The molecule has 0 aliphatic heterocycles. The van der Waals surface area contributed by atoms with Gasteiger partial charge in [0.15, 0.2) is 0 Å². The number of fused-ring (bicyclic) bond motifs is 1. The zero-order valence-electron chi connectivity index (χ0n) is 10.2. The van der Waals surface area contributed by atoms with Crippen LogP contribution in [-0.2, 0) is 10.0 Å². The molecule has 0 atom stereocenters. The summed E-state index contributed by atoms with van der Waals surface area (Å²) in [7, 11) is -0.950. The van der Waals surface area contributed by atoms with Crippen molar-refractivity contribution in [1.29, 1.82) is 0 Å². The maximum absolute atomic E-state index is 12.2. The van der Waals surface area contributed by atoms with Gasteiger partial charge in [0.2, 0.25) is 15.8 Å². The maximum Gasteiger partial charge on any atom is 0.246 e. The molecule has 0 bridgehead atoms. The number of sulfonamides is 1. The molecule has 0 saturated heterocycles. The predicted octanol–water partition coefficient (Wildman–Crippen LogP) is 1.67. The molecule has 0 amide bonds. The van der Waals surface area contributed by atoms with Crippen LogP contribution in [0.25, 0.3) is 5.57 Å². The summed E-state index contributed by atoms with van der Waals surface area (Å²) < 4.78 is 25.1. The lowest BCUT2D eigenvalue weighted by molar-refractivity contribution is 0.104. The van der Waals surface area contributed by atoms with Crippen molar-refractivity contribution in [2.45, 2.75) is 0 Å². The van der Waals surface area contributed by atoms with Crippen LogP contribution in [0.4, 0.5) is 0 Å². The highest BCUT2D eigenvalue weighted by molar-refractivity contribution is 7.94. The largest absolute Gasteiger partial charge is 0.288 e. The molecule has 1 aliphatic carbocycles. The second-order valence-electron chi connectivity index (χ2n) is 4.20. The van der Waals surface area contributed by atoms with E-state index in [0.29, 0.717) is 16.7 Å². The first kappa shape index (κ1) is 12.7. The van der Waals surface area contributed by atoms with Gasteiger partial charge in [-0.1, -0.05) is 30.8 Å². The Labute approximate surface area is 106 Å². The van der Waals surface area contributed by atoms with E-state index in [4.69, 9.17) is 0 Å². The van der Waals surface area contributed by atoms with Crippen LogP contribution in [0.3, 0.4) is 0 Å². The zero-order chi connectivity index (χ0) is 13.5. The Morgan fingerprint density at radius 1 is 1.11 bits per heavy atom. The maximum atomic E-state index is 12.2. The average molecular weight is 263 g/mol. The molecule has 0 spiro atoms. The van der Waals surface area contributed by atoms with Crippen LogP contribution in [0.15, 0.2) is 41.8 Å². The fourth-order valence-corrected chi connectivity index (χ4v) is 2.81. The Kier molecular flexibility index (Phi) is 2.96.